The van der Waals surface area contributed by atoms with Crippen LogP contribution < -0.4 is 0 Å². The molecule has 1 atom stereocenters. The van der Waals surface area contributed by atoms with E-state index < -0.39 is 6.10 Å². The minimum Gasteiger partial charge on any atom is -0.462 e. The lowest BCUT2D eigenvalue weighted by atomic mass is 10.0. The van der Waals surface area contributed by atoms with E-state index in [9.17, 15) is 14.4 Å². The number of allylic oxidation sites excluding steroid dienone is 8. The Morgan fingerprint density at radius 2 is 0.650 bits per heavy atom. The molecule has 0 aliphatic heterocycles. The largest absolute Gasteiger partial charge is 0.462 e. The number of hydrogen-bond donors (Lipinski definition) is 0. The van der Waals surface area contributed by atoms with E-state index in [1.165, 1.54) is 135 Å². The zero-order chi connectivity index (χ0) is 43.7. The molecule has 0 saturated carbocycles. The van der Waals surface area contributed by atoms with Gasteiger partial charge in [-0.25, -0.2) is 0 Å². The average Bonchev–Trinajstić information content (AvgIpc) is 3.24. The van der Waals surface area contributed by atoms with Gasteiger partial charge >= 0.3 is 17.9 Å². The summed E-state index contributed by atoms with van der Waals surface area (Å²) in [6, 6.07) is 0. The van der Waals surface area contributed by atoms with Gasteiger partial charge in [-0.2, -0.15) is 0 Å². The van der Waals surface area contributed by atoms with Gasteiger partial charge in [0.1, 0.15) is 13.2 Å². The highest BCUT2D eigenvalue weighted by Gasteiger charge is 2.19. The summed E-state index contributed by atoms with van der Waals surface area (Å²) in [5.41, 5.74) is 0. The van der Waals surface area contributed by atoms with Gasteiger partial charge in [-0.15, -0.1) is 0 Å². The van der Waals surface area contributed by atoms with Crippen LogP contribution in [0, 0.1) is 0 Å². The smallest absolute Gasteiger partial charge is 0.306 e. The lowest BCUT2D eigenvalue weighted by Crippen LogP contribution is -2.30. The highest BCUT2D eigenvalue weighted by Crippen LogP contribution is 2.16. The molecule has 0 fully saturated rings. The molecule has 0 N–H and O–H groups in total. The van der Waals surface area contributed by atoms with E-state index in [0.717, 1.165) is 83.5 Å². The molecule has 0 aliphatic carbocycles. The number of hydrogen-bond acceptors (Lipinski definition) is 6. The maximum atomic E-state index is 12.8. The Hall–Kier alpha value is -2.63. The predicted molar refractivity (Wildman–Crippen MR) is 256 cm³/mol. The second-order valence-corrected chi connectivity index (χ2v) is 17.1. The summed E-state index contributed by atoms with van der Waals surface area (Å²) in [5.74, 6) is -0.917. The summed E-state index contributed by atoms with van der Waals surface area (Å²) in [6.45, 7) is 6.50. The fraction of sp³-hybridized carbons (Fsp3) is 0.796. The Labute approximate surface area is 371 Å². The van der Waals surface area contributed by atoms with Crippen LogP contribution in [0.4, 0.5) is 0 Å². The molecule has 60 heavy (non-hydrogen) atoms. The van der Waals surface area contributed by atoms with Crippen LogP contribution >= 0.6 is 0 Å². The minimum absolute atomic E-state index is 0.0825. The molecule has 6 nitrogen and oxygen atoms in total. The molecule has 0 unspecified atom stereocenters. The van der Waals surface area contributed by atoms with Crippen LogP contribution in [0.25, 0.3) is 0 Å². The normalized spacial score (nSPS) is 12.4. The topological polar surface area (TPSA) is 78.9 Å². The SMILES string of the molecule is CC/C=C\C/C=C\C/C=C\C/C=C\CCCCC(=O)OC[C@@H](COC(=O)CCCCCCCCCCCCCC)OC(=O)CCCCCCCCCCCCCCCCC. The van der Waals surface area contributed by atoms with Crippen molar-refractivity contribution in [2.45, 2.75) is 264 Å². The van der Waals surface area contributed by atoms with Crippen LogP contribution in [0.5, 0.6) is 0 Å². The van der Waals surface area contributed by atoms with E-state index in [1.807, 2.05) is 0 Å². The fourth-order valence-corrected chi connectivity index (χ4v) is 7.26. The first-order chi connectivity index (χ1) is 29.5. The van der Waals surface area contributed by atoms with E-state index in [0.29, 0.717) is 19.3 Å². The molecule has 0 saturated heterocycles. The summed E-state index contributed by atoms with van der Waals surface area (Å²) < 4.78 is 16.8. The van der Waals surface area contributed by atoms with Crippen LogP contribution in [-0.2, 0) is 28.6 Å². The lowest BCUT2D eigenvalue weighted by molar-refractivity contribution is -0.167. The van der Waals surface area contributed by atoms with Crippen LogP contribution in [0.2, 0.25) is 0 Å². The highest BCUT2D eigenvalue weighted by molar-refractivity contribution is 5.71. The number of ether oxygens (including phenoxy) is 3. The van der Waals surface area contributed by atoms with Gasteiger partial charge in [0.2, 0.25) is 0 Å². The van der Waals surface area contributed by atoms with Crippen molar-refractivity contribution in [2.24, 2.45) is 0 Å². The van der Waals surface area contributed by atoms with Gasteiger partial charge in [-0.1, -0.05) is 230 Å². The predicted octanol–water partition coefficient (Wildman–Crippen LogP) is 16.7. The molecule has 348 valence electrons. The molecule has 0 amide bonds. The number of rotatable bonds is 46. The molecule has 0 heterocycles. The maximum absolute atomic E-state index is 12.8. The summed E-state index contributed by atoms with van der Waals surface area (Å²) in [6.07, 6.45) is 58.1. The van der Waals surface area contributed by atoms with Crippen molar-refractivity contribution < 1.29 is 28.6 Å². The zero-order valence-corrected chi connectivity index (χ0v) is 39.7. The number of carbonyl (C=O) groups is 3. The average molecular weight is 841 g/mol. The fourth-order valence-electron chi connectivity index (χ4n) is 7.26. The summed E-state index contributed by atoms with van der Waals surface area (Å²) in [7, 11) is 0. The molecule has 0 rings (SSSR count). The Kier molecular flexibility index (Phi) is 46.9. The third kappa shape index (κ3) is 46.4. The van der Waals surface area contributed by atoms with Gasteiger partial charge in [-0.05, 0) is 57.8 Å². The molecule has 0 aromatic heterocycles. The van der Waals surface area contributed by atoms with Gasteiger partial charge in [0.15, 0.2) is 6.10 Å². The van der Waals surface area contributed by atoms with Crippen molar-refractivity contribution >= 4 is 17.9 Å². The standard InChI is InChI=1S/C54H96O6/c1-4-7-10-13-16-19-22-25-27-29-32-35-38-41-44-47-53(56)59-50-51(49-58-52(55)46-43-40-37-34-31-24-21-18-15-12-9-6-3)60-54(57)48-45-42-39-36-33-30-28-26-23-20-17-14-11-8-5-2/h7,10,16,19,25,27,32,35,51H,4-6,8-9,11-15,17-18,20-24,26,28-31,33-34,36-50H2,1-3H3/b10-7-,19-16-,27-25-,35-32-/t51-/m1/s1. The monoisotopic (exact) mass is 841 g/mol. The van der Waals surface area contributed by atoms with Gasteiger partial charge in [0.25, 0.3) is 0 Å². The molecular weight excluding hydrogens is 745 g/mol. The maximum Gasteiger partial charge on any atom is 0.306 e. The van der Waals surface area contributed by atoms with Crippen LogP contribution in [0.15, 0.2) is 48.6 Å². The van der Waals surface area contributed by atoms with Crippen LogP contribution in [-0.4, -0.2) is 37.2 Å². The van der Waals surface area contributed by atoms with Gasteiger partial charge < -0.3 is 14.2 Å². The Bertz CT molecular complexity index is 1060. The van der Waals surface area contributed by atoms with Gasteiger partial charge in [0.05, 0.1) is 0 Å². The number of carbonyl (C=O) groups excluding carboxylic acids is 3. The summed E-state index contributed by atoms with van der Waals surface area (Å²) >= 11 is 0. The van der Waals surface area contributed by atoms with Crippen molar-refractivity contribution in [3.63, 3.8) is 0 Å². The van der Waals surface area contributed by atoms with E-state index >= 15 is 0 Å². The Balaban J connectivity index is 4.41. The number of esters is 3. The first-order valence-corrected chi connectivity index (χ1v) is 25.6. The first-order valence-electron chi connectivity index (χ1n) is 25.6. The Morgan fingerprint density at radius 1 is 0.350 bits per heavy atom. The van der Waals surface area contributed by atoms with Crippen molar-refractivity contribution in [2.75, 3.05) is 13.2 Å². The van der Waals surface area contributed by atoms with E-state index in [-0.39, 0.29) is 31.1 Å². The minimum atomic E-state index is -0.784. The van der Waals surface area contributed by atoms with E-state index in [1.54, 1.807) is 0 Å². The molecule has 0 aliphatic rings. The first kappa shape index (κ1) is 57.4. The molecule has 0 aromatic carbocycles. The molecule has 0 aromatic rings. The molecule has 0 radical (unpaired) electrons. The third-order valence-electron chi connectivity index (χ3n) is 11.1. The molecule has 0 spiro atoms. The van der Waals surface area contributed by atoms with Crippen LogP contribution in [0.1, 0.15) is 258 Å². The second-order valence-electron chi connectivity index (χ2n) is 17.1. The van der Waals surface area contributed by atoms with Crippen molar-refractivity contribution in [3.05, 3.63) is 48.6 Å². The highest BCUT2D eigenvalue weighted by atomic mass is 16.6. The van der Waals surface area contributed by atoms with Crippen molar-refractivity contribution in [3.8, 4) is 0 Å². The quantitative estimate of drug-likeness (QED) is 0.0263. The van der Waals surface area contributed by atoms with Crippen molar-refractivity contribution in [1.82, 2.24) is 0 Å². The second kappa shape index (κ2) is 49.0. The third-order valence-corrected chi connectivity index (χ3v) is 11.1. The van der Waals surface area contributed by atoms with Gasteiger partial charge in [-0.3, -0.25) is 14.4 Å². The van der Waals surface area contributed by atoms with Crippen LogP contribution in [0.3, 0.4) is 0 Å². The summed E-state index contributed by atoms with van der Waals surface area (Å²) in [5, 5.41) is 0. The van der Waals surface area contributed by atoms with E-state index in [4.69, 9.17) is 14.2 Å². The van der Waals surface area contributed by atoms with Gasteiger partial charge in [0, 0.05) is 19.3 Å². The lowest BCUT2D eigenvalue weighted by Gasteiger charge is -2.18. The van der Waals surface area contributed by atoms with E-state index in [2.05, 4.69) is 69.4 Å². The van der Waals surface area contributed by atoms with Crippen molar-refractivity contribution in [1.29, 1.82) is 0 Å². The zero-order valence-electron chi connectivity index (χ0n) is 39.7. The molecule has 0 bridgehead atoms. The molecule has 6 heteroatoms. The Morgan fingerprint density at radius 3 is 1.02 bits per heavy atom. The summed E-state index contributed by atoms with van der Waals surface area (Å²) in [4.78, 5) is 37.9. The molecular formula is C54H96O6. The number of unbranched alkanes of at least 4 members (excludes halogenated alkanes) is 27.